The van der Waals surface area contributed by atoms with E-state index in [1.54, 1.807) is 18.0 Å². The molecule has 162 valence electrons. The highest BCUT2D eigenvalue weighted by Crippen LogP contribution is 2.19. The van der Waals surface area contributed by atoms with Crippen LogP contribution in [0.15, 0.2) is 36.4 Å². The number of carbonyl (C=O) groups is 1. The van der Waals surface area contributed by atoms with Gasteiger partial charge in [0.2, 0.25) is 5.82 Å². The van der Waals surface area contributed by atoms with Crippen molar-refractivity contribution in [2.24, 2.45) is 5.92 Å². The van der Waals surface area contributed by atoms with E-state index in [-0.39, 0.29) is 5.91 Å². The fraction of sp³-hybridized carbons (Fsp3) is 0.409. The lowest BCUT2D eigenvalue weighted by Gasteiger charge is -2.20. The maximum absolute atomic E-state index is 12.7. The second-order valence-corrected chi connectivity index (χ2v) is 7.67. The maximum Gasteiger partial charge on any atom is 0.270 e. The second-order valence-electron chi connectivity index (χ2n) is 7.67. The molecule has 3 heterocycles. The Morgan fingerprint density at radius 3 is 3.03 bits per heavy atom. The van der Waals surface area contributed by atoms with Crippen molar-refractivity contribution in [3.63, 3.8) is 0 Å². The van der Waals surface area contributed by atoms with Crippen molar-refractivity contribution >= 4 is 5.91 Å². The van der Waals surface area contributed by atoms with Crippen molar-refractivity contribution in [2.75, 3.05) is 20.3 Å². The number of nitrogens with zero attached hydrogens (tertiary/aromatic N) is 5. The molecule has 0 bridgehead atoms. The third-order valence-corrected chi connectivity index (χ3v) is 5.16. The van der Waals surface area contributed by atoms with Crippen LogP contribution in [0.2, 0.25) is 0 Å². The molecule has 1 amide bonds. The Morgan fingerprint density at radius 1 is 1.32 bits per heavy atom. The quantitative estimate of drug-likeness (QED) is 0.623. The van der Waals surface area contributed by atoms with Crippen LogP contribution in [0, 0.1) is 12.8 Å². The molecule has 1 saturated heterocycles. The van der Waals surface area contributed by atoms with Crippen molar-refractivity contribution in [3.05, 3.63) is 53.3 Å². The summed E-state index contributed by atoms with van der Waals surface area (Å²) in [6.45, 7) is 4.43. The fourth-order valence-corrected chi connectivity index (χ4v) is 3.59. The minimum absolute atomic E-state index is 0.264. The van der Waals surface area contributed by atoms with Crippen LogP contribution in [-0.2, 0) is 17.8 Å². The Hall–Kier alpha value is -3.33. The summed E-state index contributed by atoms with van der Waals surface area (Å²) in [5, 5.41) is 15.7. The molecule has 1 aliphatic rings. The summed E-state index contributed by atoms with van der Waals surface area (Å²) in [4.78, 5) is 18.7. The molecule has 31 heavy (non-hydrogen) atoms. The average Bonchev–Trinajstić information content (AvgIpc) is 3.26. The van der Waals surface area contributed by atoms with Gasteiger partial charge < -0.3 is 14.8 Å². The van der Waals surface area contributed by atoms with Gasteiger partial charge in [-0.05, 0) is 54.8 Å². The van der Waals surface area contributed by atoms with E-state index in [9.17, 15) is 4.79 Å². The molecular weight excluding hydrogens is 396 g/mol. The highest BCUT2D eigenvalue weighted by atomic mass is 16.5. The summed E-state index contributed by atoms with van der Waals surface area (Å²) in [6.07, 6.45) is 2.16. The number of hydrogen-bond acceptors (Lipinski definition) is 7. The molecule has 9 nitrogen and oxygen atoms in total. The summed E-state index contributed by atoms with van der Waals surface area (Å²) < 4.78 is 10.7. The predicted molar refractivity (Wildman–Crippen MR) is 113 cm³/mol. The average molecular weight is 422 g/mol. The number of rotatable bonds is 7. The zero-order valence-electron chi connectivity index (χ0n) is 17.7. The highest BCUT2D eigenvalue weighted by molar-refractivity contribution is 5.93. The third-order valence-electron chi connectivity index (χ3n) is 5.16. The molecule has 1 N–H and O–H groups in total. The minimum Gasteiger partial charge on any atom is -0.497 e. The number of amides is 1. The van der Waals surface area contributed by atoms with E-state index in [1.807, 2.05) is 37.3 Å². The number of tetrazole rings is 1. The number of aryl methyl sites for hydroxylation is 1. The maximum atomic E-state index is 12.7. The monoisotopic (exact) mass is 422 g/mol. The number of hydrogen-bond donors (Lipinski definition) is 1. The second kappa shape index (κ2) is 9.65. The largest absolute Gasteiger partial charge is 0.497 e. The number of aromatic nitrogens is 5. The molecule has 1 atom stereocenters. The number of methoxy groups -OCH3 is 1. The van der Waals surface area contributed by atoms with Gasteiger partial charge in [0.05, 0.1) is 20.3 Å². The molecule has 0 saturated carbocycles. The van der Waals surface area contributed by atoms with Crippen molar-refractivity contribution < 1.29 is 14.3 Å². The molecule has 1 aromatic carbocycles. The smallest absolute Gasteiger partial charge is 0.270 e. The lowest BCUT2D eigenvalue weighted by Crippen LogP contribution is -2.24. The van der Waals surface area contributed by atoms with Crippen LogP contribution in [0.5, 0.6) is 5.75 Å². The first kappa shape index (κ1) is 20.9. The van der Waals surface area contributed by atoms with Gasteiger partial charge in [0.15, 0.2) is 0 Å². The van der Waals surface area contributed by atoms with Crippen molar-refractivity contribution in [1.82, 2.24) is 30.5 Å². The third kappa shape index (κ3) is 5.43. The van der Waals surface area contributed by atoms with Crippen molar-refractivity contribution in [2.45, 2.75) is 32.9 Å². The van der Waals surface area contributed by atoms with Gasteiger partial charge in [-0.3, -0.25) is 4.79 Å². The van der Waals surface area contributed by atoms with E-state index >= 15 is 0 Å². The minimum atomic E-state index is -0.264. The number of benzene rings is 1. The molecule has 9 heteroatoms. The first-order chi connectivity index (χ1) is 15.1. The molecular formula is C22H26N6O3. The van der Waals surface area contributed by atoms with Crippen LogP contribution < -0.4 is 10.1 Å². The number of carbonyl (C=O) groups excluding carboxylic acids is 1. The highest BCUT2D eigenvalue weighted by Gasteiger charge is 2.17. The van der Waals surface area contributed by atoms with E-state index in [0.29, 0.717) is 41.8 Å². The number of ether oxygens (including phenoxy) is 2. The van der Waals surface area contributed by atoms with Crippen LogP contribution in [0.3, 0.4) is 0 Å². The van der Waals surface area contributed by atoms with Crippen LogP contribution in [0.4, 0.5) is 0 Å². The summed E-state index contributed by atoms with van der Waals surface area (Å²) in [6, 6.07) is 11.1. The molecule has 0 spiro atoms. The fourth-order valence-electron chi connectivity index (χ4n) is 3.59. The molecule has 2 aromatic heterocycles. The van der Waals surface area contributed by atoms with Crippen LogP contribution >= 0.6 is 0 Å². The predicted octanol–water partition coefficient (Wildman–Crippen LogP) is 2.41. The standard InChI is InChI=1S/C22H26N6O3/c1-15-9-18(21-25-27-28(26-21)13-17-6-4-8-31-14-17)11-20(24-15)22(29)23-12-16-5-3-7-19(10-16)30-2/h3,5,7,9-11,17H,4,6,8,12-14H2,1-2H3,(H,23,29). The van der Waals surface area contributed by atoms with Gasteiger partial charge in [-0.2, -0.15) is 4.80 Å². The number of nitrogens with one attached hydrogen (secondary N) is 1. The zero-order valence-corrected chi connectivity index (χ0v) is 17.7. The van der Waals surface area contributed by atoms with Gasteiger partial charge in [-0.25, -0.2) is 4.98 Å². The van der Waals surface area contributed by atoms with E-state index in [1.165, 1.54) is 0 Å². The zero-order chi connectivity index (χ0) is 21.6. The molecule has 3 aromatic rings. The van der Waals surface area contributed by atoms with Gasteiger partial charge in [0.25, 0.3) is 5.91 Å². The molecule has 1 aliphatic heterocycles. The van der Waals surface area contributed by atoms with E-state index in [2.05, 4.69) is 25.7 Å². The van der Waals surface area contributed by atoms with Gasteiger partial charge in [0.1, 0.15) is 11.4 Å². The van der Waals surface area contributed by atoms with Crippen LogP contribution in [0.25, 0.3) is 11.4 Å². The Morgan fingerprint density at radius 2 is 2.23 bits per heavy atom. The lowest BCUT2D eigenvalue weighted by atomic mass is 10.0. The number of pyridine rings is 1. The van der Waals surface area contributed by atoms with Gasteiger partial charge in [0, 0.05) is 30.3 Å². The first-order valence-corrected chi connectivity index (χ1v) is 10.4. The molecule has 0 radical (unpaired) electrons. The van der Waals surface area contributed by atoms with Crippen molar-refractivity contribution in [1.29, 1.82) is 0 Å². The van der Waals surface area contributed by atoms with E-state index < -0.39 is 0 Å². The van der Waals surface area contributed by atoms with Crippen molar-refractivity contribution in [3.8, 4) is 17.1 Å². The van der Waals surface area contributed by atoms with E-state index in [4.69, 9.17) is 9.47 Å². The Labute approximate surface area is 180 Å². The summed E-state index contributed by atoms with van der Waals surface area (Å²) >= 11 is 0. The normalized spacial score (nSPS) is 16.1. The SMILES string of the molecule is COc1cccc(CNC(=O)c2cc(-c3nnn(CC4CCCOC4)n3)cc(C)n2)c1. The van der Waals surface area contributed by atoms with Crippen LogP contribution in [-0.4, -0.2) is 51.4 Å². The molecule has 1 fully saturated rings. The Balaban J connectivity index is 1.44. The van der Waals surface area contributed by atoms with Gasteiger partial charge in [-0.1, -0.05) is 12.1 Å². The first-order valence-electron chi connectivity index (χ1n) is 10.4. The Bertz CT molecular complexity index is 1050. The van der Waals surface area contributed by atoms with Gasteiger partial charge >= 0.3 is 0 Å². The summed E-state index contributed by atoms with van der Waals surface area (Å²) in [7, 11) is 1.61. The summed E-state index contributed by atoms with van der Waals surface area (Å²) in [5.74, 6) is 1.35. The molecule has 4 rings (SSSR count). The molecule has 0 aliphatic carbocycles. The van der Waals surface area contributed by atoms with Gasteiger partial charge in [-0.15, -0.1) is 10.2 Å². The summed E-state index contributed by atoms with van der Waals surface area (Å²) in [5.41, 5.74) is 2.68. The Kier molecular flexibility index (Phi) is 6.51. The van der Waals surface area contributed by atoms with Crippen LogP contribution in [0.1, 0.15) is 34.6 Å². The lowest BCUT2D eigenvalue weighted by molar-refractivity contribution is 0.0451. The molecule has 1 unspecified atom stereocenters. The topological polar surface area (TPSA) is 104 Å². The van der Waals surface area contributed by atoms with E-state index in [0.717, 1.165) is 37.4 Å².